The number of non-ortho nitro benzene ring substituents is 1. The molecule has 0 unspecified atom stereocenters. The number of nitrogens with one attached hydrogen (secondary N) is 1. The van der Waals surface area contributed by atoms with Gasteiger partial charge in [0.15, 0.2) is 5.58 Å². The number of carbonyl (C=O) groups is 1. The van der Waals surface area contributed by atoms with Gasteiger partial charge in [-0.15, -0.1) is 0 Å². The highest BCUT2D eigenvalue weighted by Gasteiger charge is 2.14. The van der Waals surface area contributed by atoms with Crippen molar-refractivity contribution < 1.29 is 18.9 Å². The largest absolute Gasteiger partial charge is 0.489 e. The minimum absolute atomic E-state index is 0.137. The number of nitro groups is 1. The standard InChI is InChI=1S/C25H23N3O6/c29-24(10-5-13-27-22-12-11-20(28(31)32)15-23(22)34-25(27)30)26-16-18-6-4-7-19(14-18)17-33-21-8-2-1-3-9-21/h1-4,6-9,11-12,14-15H,5,10,13,16-17H2,(H,26,29). The molecule has 1 aromatic heterocycles. The molecule has 0 saturated carbocycles. The number of fused-ring (bicyclic) bond motifs is 1. The number of nitro benzene ring substituents is 1. The smallest absolute Gasteiger partial charge is 0.419 e. The number of para-hydroxylation sites is 1. The summed E-state index contributed by atoms with van der Waals surface area (Å²) in [5.74, 6) is 0.0526. The van der Waals surface area contributed by atoms with E-state index in [4.69, 9.17) is 9.15 Å². The Balaban J connectivity index is 1.26. The number of nitrogens with zero attached hydrogens (tertiary/aromatic N) is 2. The summed E-state index contributed by atoms with van der Waals surface area (Å²) in [7, 11) is 0. The Kier molecular flexibility index (Phi) is 7.02. The zero-order chi connectivity index (χ0) is 23.9. The SMILES string of the molecule is O=C(CCCn1c(=O)oc2cc([N+](=O)[O-])ccc21)NCc1cccc(COc2ccccc2)c1. The second kappa shape index (κ2) is 10.5. The summed E-state index contributed by atoms with van der Waals surface area (Å²) in [4.78, 5) is 34.7. The molecule has 0 radical (unpaired) electrons. The second-order valence-corrected chi connectivity index (χ2v) is 7.73. The Morgan fingerprint density at radius 2 is 1.82 bits per heavy atom. The molecule has 9 heteroatoms. The van der Waals surface area contributed by atoms with Gasteiger partial charge in [-0.1, -0.05) is 42.5 Å². The van der Waals surface area contributed by atoms with E-state index >= 15 is 0 Å². The molecule has 0 spiro atoms. The number of oxazole rings is 1. The summed E-state index contributed by atoms with van der Waals surface area (Å²) < 4.78 is 12.2. The fraction of sp³-hybridized carbons (Fsp3) is 0.200. The first-order valence-corrected chi connectivity index (χ1v) is 10.8. The Labute approximate surface area is 194 Å². The van der Waals surface area contributed by atoms with Crippen LogP contribution in [0.2, 0.25) is 0 Å². The van der Waals surface area contributed by atoms with Crippen molar-refractivity contribution in [3.8, 4) is 5.75 Å². The van der Waals surface area contributed by atoms with Crippen LogP contribution < -0.4 is 15.8 Å². The summed E-state index contributed by atoms with van der Waals surface area (Å²) in [6.07, 6.45) is 0.644. The molecule has 1 heterocycles. The lowest BCUT2D eigenvalue weighted by Gasteiger charge is -2.09. The number of hydrogen-bond donors (Lipinski definition) is 1. The third kappa shape index (κ3) is 5.69. The number of amides is 1. The first-order chi connectivity index (χ1) is 16.5. The zero-order valence-electron chi connectivity index (χ0n) is 18.3. The van der Waals surface area contributed by atoms with Gasteiger partial charge in [0.2, 0.25) is 5.91 Å². The highest BCUT2D eigenvalue weighted by Crippen LogP contribution is 2.20. The van der Waals surface area contributed by atoms with E-state index in [0.717, 1.165) is 16.9 Å². The van der Waals surface area contributed by atoms with E-state index in [1.165, 1.54) is 22.8 Å². The lowest BCUT2D eigenvalue weighted by atomic mass is 10.1. The predicted octanol–water partition coefficient (Wildman–Crippen LogP) is 4.18. The van der Waals surface area contributed by atoms with Gasteiger partial charge in [-0.25, -0.2) is 4.79 Å². The van der Waals surface area contributed by atoms with E-state index in [-0.39, 0.29) is 30.1 Å². The number of rotatable bonds is 10. The highest BCUT2D eigenvalue weighted by molar-refractivity contribution is 5.76. The number of hydrogen-bond acceptors (Lipinski definition) is 6. The average molecular weight is 461 g/mol. The molecule has 1 N–H and O–H groups in total. The monoisotopic (exact) mass is 461 g/mol. The molecular formula is C25H23N3O6. The third-order valence-electron chi connectivity index (χ3n) is 5.28. The van der Waals surface area contributed by atoms with Crippen LogP contribution in [0.1, 0.15) is 24.0 Å². The maximum absolute atomic E-state index is 12.3. The molecule has 1 amide bonds. The first kappa shape index (κ1) is 22.8. The van der Waals surface area contributed by atoms with Gasteiger partial charge >= 0.3 is 5.76 Å². The predicted molar refractivity (Wildman–Crippen MR) is 125 cm³/mol. The highest BCUT2D eigenvalue weighted by atomic mass is 16.6. The molecule has 0 fully saturated rings. The number of carbonyl (C=O) groups excluding carboxylic acids is 1. The quantitative estimate of drug-likeness (QED) is 0.280. The second-order valence-electron chi connectivity index (χ2n) is 7.73. The molecule has 9 nitrogen and oxygen atoms in total. The van der Waals surface area contributed by atoms with Crippen molar-refractivity contribution in [3.05, 3.63) is 105 Å². The summed E-state index contributed by atoms with van der Waals surface area (Å²) in [5, 5.41) is 13.8. The van der Waals surface area contributed by atoms with E-state index in [9.17, 15) is 19.7 Å². The van der Waals surface area contributed by atoms with Crippen LogP contribution in [-0.4, -0.2) is 15.4 Å². The molecule has 0 saturated heterocycles. The van der Waals surface area contributed by atoms with E-state index in [1.54, 1.807) is 0 Å². The van der Waals surface area contributed by atoms with Gasteiger partial charge in [-0.2, -0.15) is 0 Å². The van der Waals surface area contributed by atoms with Crippen molar-refractivity contribution in [1.82, 2.24) is 9.88 Å². The summed E-state index contributed by atoms with van der Waals surface area (Å²) in [6, 6.07) is 21.4. The molecular weight excluding hydrogens is 438 g/mol. The molecule has 4 aromatic rings. The van der Waals surface area contributed by atoms with Crippen LogP contribution >= 0.6 is 0 Å². The number of ether oxygens (including phenoxy) is 1. The molecule has 0 aliphatic heterocycles. The van der Waals surface area contributed by atoms with Crippen molar-refractivity contribution in [2.24, 2.45) is 0 Å². The lowest BCUT2D eigenvalue weighted by molar-refractivity contribution is -0.384. The normalized spacial score (nSPS) is 10.8. The molecule has 0 atom stereocenters. The summed E-state index contributed by atoms with van der Waals surface area (Å²) >= 11 is 0. The number of aromatic nitrogens is 1. The van der Waals surface area contributed by atoms with Gasteiger partial charge in [-0.05, 0) is 35.7 Å². The van der Waals surface area contributed by atoms with Gasteiger partial charge in [0.05, 0.1) is 16.5 Å². The topological polar surface area (TPSA) is 117 Å². The van der Waals surface area contributed by atoms with Crippen LogP contribution in [-0.2, 0) is 24.5 Å². The molecule has 0 aliphatic rings. The van der Waals surface area contributed by atoms with Crippen molar-refractivity contribution in [1.29, 1.82) is 0 Å². The van der Waals surface area contributed by atoms with Crippen LogP contribution in [0.3, 0.4) is 0 Å². The zero-order valence-corrected chi connectivity index (χ0v) is 18.3. The maximum Gasteiger partial charge on any atom is 0.419 e. The Morgan fingerprint density at radius 3 is 2.62 bits per heavy atom. The van der Waals surface area contributed by atoms with Crippen molar-refractivity contribution in [2.75, 3.05) is 0 Å². The van der Waals surface area contributed by atoms with Crippen LogP contribution in [0, 0.1) is 10.1 Å². The third-order valence-corrected chi connectivity index (χ3v) is 5.28. The molecule has 0 aliphatic carbocycles. The van der Waals surface area contributed by atoms with Crippen LogP contribution in [0.25, 0.3) is 11.1 Å². The van der Waals surface area contributed by atoms with Gasteiger partial charge in [0.1, 0.15) is 12.4 Å². The summed E-state index contributed by atoms with van der Waals surface area (Å²) in [6.45, 7) is 1.09. The Hall–Kier alpha value is -4.40. The van der Waals surface area contributed by atoms with E-state index in [2.05, 4.69) is 5.32 Å². The van der Waals surface area contributed by atoms with Gasteiger partial charge in [0, 0.05) is 25.6 Å². The Morgan fingerprint density at radius 1 is 1.03 bits per heavy atom. The van der Waals surface area contributed by atoms with E-state index < -0.39 is 10.7 Å². The lowest BCUT2D eigenvalue weighted by Crippen LogP contribution is -2.23. The molecule has 0 bridgehead atoms. The Bertz CT molecular complexity index is 1360. The van der Waals surface area contributed by atoms with Gasteiger partial charge in [-0.3, -0.25) is 19.5 Å². The molecule has 174 valence electrons. The van der Waals surface area contributed by atoms with Gasteiger partial charge < -0.3 is 14.5 Å². The van der Waals surface area contributed by atoms with Crippen LogP contribution in [0.4, 0.5) is 5.69 Å². The van der Waals surface area contributed by atoms with Crippen molar-refractivity contribution in [2.45, 2.75) is 32.5 Å². The fourth-order valence-corrected chi connectivity index (χ4v) is 3.58. The molecule has 3 aromatic carbocycles. The number of benzene rings is 3. The number of aryl methyl sites for hydroxylation is 1. The summed E-state index contributed by atoms with van der Waals surface area (Å²) in [5.41, 5.74) is 2.43. The average Bonchev–Trinajstić information content (AvgIpc) is 3.16. The van der Waals surface area contributed by atoms with Crippen LogP contribution in [0.15, 0.2) is 82.0 Å². The van der Waals surface area contributed by atoms with Crippen molar-refractivity contribution in [3.63, 3.8) is 0 Å². The fourth-order valence-electron chi connectivity index (χ4n) is 3.58. The minimum atomic E-state index is -0.606. The molecule has 4 rings (SSSR count). The van der Waals surface area contributed by atoms with Crippen molar-refractivity contribution >= 4 is 22.7 Å². The minimum Gasteiger partial charge on any atom is -0.489 e. The van der Waals surface area contributed by atoms with E-state index in [0.29, 0.717) is 25.1 Å². The molecule has 34 heavy (non-hydrogen) atoms. The van der Waals surface area contributed by atoms with E-state index in [1.807, 2.05) is 54.6 Å². The maximum atomic E-state index is 12.3. The van der Waals surface area contributed by atoms with Crippen LogP contribution in [0.5, 0.6) is 5.75 Å². The first-order valence-electron chi connectivity index (χ1n) is 10.8. The van der Waals surface area contributed by atoms with Gasteiger partial charge in [0.25, 0.3) is 5.69 Å².